The van der Waals surface area contributed by atoms with Crippen molar-refractivity contribution in [1.82, 2.24) is 30.2 Å². The summed E-state index contributed by atoms with van der Waals surface area (Å²) in [6.07, 6.45) is 11.9. The van der Waals surface area contributed by atoms with Crippen molar-refractivity contribution < 1.29 is 13.2 Å². The summed E-state index contributed by atoms with van der Waals surface area (Å²) in [6.45, 7) is 4.00. The Morgan fingerprint density at radius 3 is 2.71 bits per heavy atom. The molecule has 1 fully saturated rings. The Bertz CT molecular complexity index is 1600. The number of pyridine rings is 3. The molecule has 0 aromatic carbocycles. The van der Waals surface area contributed by atoms with Gasteiger partial charge in [-0.25, -0.2) is 19.3 Å². The SMILES string of the molecule is C[C@H]1CNCC[C@H]1Nc1nc(-c2ccnc(Nc3nc(F)cc(F)c3F)c2)nc2cncc(C3=CC=C3)c12. The average Bonchev–Trinajstić information content (AvgIpc) is 2.87. The minimum Gasteiger partial charge on any atom is -0.366 e. The normalized spacial score (nSPS) is 18.7. The lowest BCUT2D eigenvalue weighted by molar-refractivity contribution is 0.368. The molecule has 0 spiro atoms. The van der Waals surface area contributed by atoms with Crippen LogP contribution in [0.25, 0.3) is 27.9 Å². The third kappa shape index (κ3) is 4.56. The third-order valence-electron chi connectivity index (χ3n) is 6.72. The average molecular weight is 517 g/mol. The Balaban J connectivity index is 1.42. The first-order valence-electron chi connectivity index (χ1n) is 12.2. The van der Waals surface area contributed by atoms with E-state index in [1.807, 2.05) is 24.4 Å². The molecule has 1 aliphatic heterocycles. The lowest BCUT2D eigenvalue weighted by atomic mass is 9.94. The second-order valence-electron chi connectivity index (χ2n) is 9.32. The molecule has 8 nitrogen and oxygen atoms in total. The Kier molecular flexibility index (Phi) is 6.20. The van der Waals surface area contributed by atoms with Crippen LogP contribution >= 0.6 is 0 Å². The van der Waals surface area contributed by atoms with E-state index in [0.717, 1.165) is 36.0 Å². The van der Waals surface area contributed by atoms with Crippen molar-refractivity contribution in [2.75, 3.05) is 23.7 Å². The summed E-state index contributed by atoms with van der Waals surface area (Å²) in [5, 5.41) is 10.5. The van der Waals surface area contributed by atoms with Gasteiger partial charge in [0.1, 0.15) is 11.6 Å². The number of hydrogen-bond acceptors (Lipinski definition) is 8. The van der Waals surface area contributed by atoms with Crippen LogP contribution in [0.4, 0.5) is 30.6 Å². The molecule has 4 aromatic rings. The van der Waals surface area contributed by atoms with Crippen LogP contribution in [0.2, 0.25) is 0 Å². The number of rotatable bonds is 6. The zero-order chi connectivity index (χ0) is 26.2. The molecule has 6 rings (SSSR count). The largest absolute Gasteiger partial charge is 0.366 e. The van der Waals surface area contributed by atoms with Crippen molar-refractivity contribution in [2.24, 2.45) is 5.92 Å². The van der Waals surface area contributed by atoms with Crippen molar-refractivity contribution in [3.05, 3.63) is 78.2 Å². The van der Waals surface area contributed by atoms with Gasteiger partial charge in [-0.15, -0.1) is 0 Å². The molecule has 1 aliphatic carbocycles. The predicted octanol–water partition coefficient (Wildman–Crippen LogP) is 5.01. The highest BCUT2D eigenvalue weighted by atomic mass is 19.2. The summed E-state index contributed by atoms with van der Waals surface area (Å²) in [5.74, 6) is -2.82. The second kappa shape index (κ2) is 9.82. The highest BCUT2D eigenvalue weighted by molar-refractivity contribution is 6.02. The molecule has 1 saturated heterocycles. The number of anilines is 3. The van der Waals surface area contributed by atoms with Gasteiger partial charge < -0.3 is 16.0 Å². The fraction of sp³-hybridized carbons (Fsp3) is 0.222. The van der Waals surface area contributed by atoms with E-state index in [2.05, 4.69) is 37.8 Å². The van der Waals surface area contributed by atoms with Gasteiger partial charge in [-0.2, -0.15) is 13.8 Å². The van der Waals surface area contributed by atoms with Gasteiger partial charge in [-0.05, 0) is 43.1 Å². The molecular weight excluding hydrogens is 493 g/mol. The molecule has 3 N–H and O–H groups in total. The van der Waals surface area contributed by atoms with Crippen LogP contribution in [-0.4, -0.2) is 44.1 Å². The topological polar surface area (TPSA) is 101 Å². The highest BCUT2D eigenvalue weighted by Crippen LogP contribution is 2.35. The Morgan fingerprint density at radius 1 is 1.05 bits per heavy atom. The van der Waals surface area contributed by atoms with E-state index in [9.17, 15) is 13.2 Å². The van der Waals surface area contributed by atoms with E-state index < -0.39 is 23.4 Å². The molecule has 11 heteroatoms. The maximum atomic E-state index is 14.2. The lowest BCUT2D eigenvalue weighted by Crippen LogP contribution is -2.42. The second-order valence-corrected chi connectivity index (χ2v) is 9.32. The lowest BCUT2D eigenvalue weighted by Gasteiger charge is -2.31. The van der Waals surface area contributed by atoms with Crippen molar-refractivity contribution in [3.8, 4) is 11.4 Å². The van der Waals surface area contributed by atoms with Crippen molar-refractivity contribution in [3.63, 3.8) is 0 Å². The molecule has 0 bridgehead atoms. The monoisotopic (exact) mass is 516 g/mol. The van der Waals surface area contributed by atoms with Gasteiger partial charge in [0.05, 0.1) is 17.1 Å². The zero-order valence-corrected chi connectivity index (χ0v) is 20.3. The maximum Gasteiger partial charge on any atom is 0.217 e. The number of halogens is 3. The van der Waals surface area contributed by atoms with Crippen LogP contribution in [0.5, 0.6) is 0 Å². The van der Waals surface area contributed by atoms with Crippen LogP contribution in [0, 0.1) is 23.5 Å². The maximum absolute atomic E-state index is 14.2. The van der Waals surface area contributed by atoms with Gasteiger partial charge in [0, 0.05) is 35.6 Å². The summed E-state index contributed by atoms with van der Waals surface area (Å²) >= 11 is 0. The first-order valence-corrected chi connectivity index (χ1v) is 12.2. The smallest absolute Gasteiger partial charge is 0.217 e. The van der Waals surface area contributed by atoms with E-state index in [1.165, 1.54) is 6.20 Å². The number of aromatic nitrogens is 5. The van der Waals surface area contributed by atoms with Crippen molar-refractivity contribution >= 4 is 33.9 Å². The number of nitrogens with one attached hydrogen (secondary N) is 3. The summed E-state index contributed by atoms with van der Waals surface area (Å²) in [5.41, 5.74) is 3.21. The van der Waals surface area contributed by atoms with Crippen molar-refractivity contribution in [2.45, 2.75) is 19.4 Å². The summed E-state index contributed by atoms with van der Waals surface area (Å²) in [7, 11) is 0. The number of piperidine rings is 1. The third-order valence-corrected chi connectivity index (χ3v) is 6.72. The number of allylic oxidation sites excluding steroid dienone is 4. The molecule has 38 heavy (non-hydrogen) atoms. The van der Waals surface area contributed by atoms with E-state index >= 15 is 0 Å². The predicted molar refractivity (Wildman–Crippen MR) is 139 cm³/mol. The molecule has 0 radical (unpaired) electrons. The fourth-order valence-electron chi connectivity index (χ4n) is 4.62. The molecule has 4 aromatic heterocycles. The van der Waals surface area contributed by atoms with Crippen LogP contribution in [0.1, 0.15) is 18.9 Å². The summed E-state index contributed by atoms with van der Waals surface area (Å²) in [6, 6.07) is 3.85. The Hall–Kier alpha value is -4.38. The molecule has 5 heterocycles. The number of nitrogens with zero attached hydrogens (tertiary/aromatic N) is 5. The number of hydrogen-bond donors (Lipinski definition) is 3. The Morgan fingerprint density at radius 2 is 1.92 bits per heavy atom. The molecule has 2 atom stereocenters. The molecule has 2 aliphatic rings. The molecule has 0 amide bonds. The Labute approximate surface area is 216 Å². The molecule has 0 saturated carbocycles. The molecular formula is C27H23F3N8. The van der Waals surface area contributed by atoms with Gasteiger partial charge in [0.25, 0.3) is 0 Å². The summed E-state index contributed by atoms with van der Waals surface area (Å²) < 4.78 is 41.4. The van der Waals surface area contributed by atoms with Gasteiger partial charge in [0.2, 0.25) is 11.8 Å². The standard InChI is InChI=1S/C27H23F3N8/c1-14-11-31-7-6-19(14)34-26-23-17(15-3-2-4-15)12-32-13-20(23)35-25(38-26)16-5-8-33-22(9-16)37-27-24(30)18(28)10-21(29)36-27/h2-5,8-10,12-14,19,31H,6-7,11H2,1H3,(H,33,36,37)(H,34,35,38)/t14-,19+/m0/s1. The molecule has 192 valence electrons. The fourth-order valence-corrected chi connectivity index (χ4v) is 4.62. The van der Waals surface area contributed by atoms with E-state index in [1.54, 1.807) is 18.3 Å². The minimum atomic E-state index is -1.35. The van der Waals surface area contributed by atoms with Crippen molar-refractivity contribution in [1.29, 1.82) is 0 Å². The van der Waals surface area contributed by atoms with Gasteiger partial charge in [-0.1, -0.05) is 25.2 Å². The van der Waals surface area contributed by atoms with Gasteiger partial charge >= 0.3 is 0 Å². The first kappa shape index (κ1) is 24.0. The number of fused-ring (bicyclic) bond motifs is 1. The zero-order valence-electron chi connectivity index (χ0n) is 20.3. The van der Waals surface area contributed by atoms with Crippen LogP contribution in [0.15, 0.2) is 55.0 Å². The van der Waals surface area contributed by atoms with E-state index in [-0.39, 0.29) is 11.9 Å². The summed E-state index contributed by atoms with van der Waals surface area (Å²) in [4.78, 5) is 21.6. The van der Waals surface area contributed by atoms with Crippen LogP contribution < -0.4 is 16.0 Å². The van der Waals surface area contributed by atoms with Crippen LogP contribution in [0.3, 0.4) is 0 Å². The molecule has 0 unspecified atom stereocenters. The minimum absolute atomic E-state index is 0.126. The van der Waals surface area contributed by atoms with Gasteiger partial charge in [-0.3, -0.25) is 4.98 Å². The first-order chi connectivity index (χ1) is 18.5. The highest BCUT2D eigenvalue weighted by Gasteiger charge is 2.24. The van der Waals surface area contributed by atoms with Crippen LogP contribution in [-0.2, 0) is 0 Å². The van der Waals surface area contributed by atoms with E-state index in [4.69, 9.17) is 9.97 Å². The quantitative estimate of drug-likeness (QED) is 0.308. The van der Waals surface area contributed by atoms with Gasteiger partial charge in [0.15, 0.2) is 17.5 Å². The van der Waals surface area contributed by atoms with E-state index in [0.29, 0.717) is 34.7 Å².